The van der Waals surface area contributed by atoms with Gasteiger partial charge in [-0.25, -0.2) is 9.78 Å². The molecule has 1 N–H and O–H groups in total. The van der Waals surface area contributed by atoms with E-state index in [1.807, 2.05) is 0 Å². The molecule has 0 bridgehead atoms. The van der Waals surface area contributed by atoms with Crippen LogP contribution in [0.5, 0.6) is 0 Å². The molecule has 0 aliphatic heterocycles. The molecule has 10 heteroatoms. The zero-order valence-electron chi connectivity index (χ0n) is 17.0. The molecule has 4 rings (SSSR count). The number of carbonyl (C=O) groups excluding carboxylic acids is 1. The lowest BCUT2D eigenvalue weighted by Crippen LogP contribution is -2.42. The fourth-order valence-electron chi connectivity index (χ4n) is 3.47. The molecule has 0 aliphatic rings. The van der Waals surface area contributed by atoms with E-state index in [0.29, 0.717) is 5.56 Å². The number of fused-ring (bicyclic) bond motifs is 1. The van der Waals surface area contributed by atoms with Gasteiger partial charge in [-0.05, 0) is 29.8 Å². The largest absolute Gasteiger partial charge is 0.418 e. The van der Waals surface area contributed by atoms with E-state index in [2.05, 4.69) is 10.3 Å². The van der Waals surface area contributed by atoms with Crippen LogP contribution in [0.4, 0.5) is 18.9 Å². The third-order valence-electron chi connectivity index (χ3n) is 4.98. The minimum absolute atomic E-state index is 0.0310. The average molecular weight is 454 g/mol. The van der Waals surface area contributed by atoms with Gasteiger partial charge in [0.1, 0.15) is 6.54 Å². The first-order chi connectivity index (χ1) is 15.8. The molecule has 0 atom stereocenters. The Morgan fingerprint density at radius 2 is 1.61 bits per heavy atom. The third-order valence-corrected chi connectivity index (χ3v) is 4.98. The smallest absolute Gasteiger partial charge is 0.324 e. The normalized spacial score (nSPS) is 11.5. The molecule has 0 saturated carbocycles. The Kier molecular flexibility index (Phi) is 5.82. The Bertz CT molecular complexity index is 1440. The van der Waals surface area contributed by atoms with Crippen molar-refractivity contribution in [3.8, 4) is 0 Å². The van der Waals surface area contributed by atoms with E-state index in [1.165, 1.54) is 30.5 Å². The highest BCUT2D eigenvalue weighted by Gasteiger charge is 2.33. The number of nitrogens with one attached hydrogen (secondary N) is 1. The predicted molar refractivity (Wildman–Crippen MR) is 116 cm³/mol. The fourth-order valence-corrected chi connectivity index (χ4v) is 3.47. The molecule has 0 aliphatic carbocycles. The van der Waals surface area contributed by atoms with Crippen molar-refractivity contribution < 1.29 is 18.0 Å². The van der Waals surface area contributed by atoms with Gasteiger partial charge in [0.05, 0.1) is 23.3 Å². The first-order valence-electron chi connectivity index (χ1n) is 9.84. The molecule has 2 aromatic carbocycles. The van der Waals surface area contributed by atoms with E-state index < -0.39 is 41.1 Å². The molecule has 2 heterocycles. The lowest BCUT2D eigenvalue weighted by Gasteiger charge is -2.16. The number of alkyl halides is 3. The number of para-hydroxylation sites is 1. The van der Waals surface area contributed by atoms with Gasteiger partial charge in [0.15, 0.2) is 5.52 Å². The van der Waals surface area contributed by atoms with Gasteiger partial charge >= 0.3 is 11.9 Å². The van der Waals surface area contributed by atoms with Gasteiger partial charge in [0, 0.05) is 6.20 Å². The lowest BCUT2D eigenvalue weighted by atomic mass is 10.1. The Labute approximate surface area is 184 Å². The summed E-state index contributed by atoms with van der Waals surface area (Å²) in [5.41, 5.74) is -2.08. The minimum Gasteiger partial charge on any atom is -0.324 e. The number of halogens is 3. The highest BCUT2D eigenvalue weighted by molar-refractivity contribution is 5.92. The van der Waals surface area contributed by atoms with Gasteiger partial charge in [-0.2, -0.15) is 13.2 Å². The predicted octanol–water partition coefficient (Wildman–Crippen LogP) is 3.26. The van der Waals surface area contributed by atoms with E-state index in [1.54, 1.807) is 30.3 Å². The van der Waals surface area contributed by atoms with Gasteiger partial charge in [0.25, 0.3) is 5.56 Å². The van der Waals surface area contributed by atoms with Crippen LogP contribution in [-0.4, -0.2) is 20.0 Å². The second-order valence-electron chi connectivity index (χ2n) is 7.21. The van der Waals surface area contributed by atoms with E-state index in [-0.39, 0.29) is 17.6 Å². The summed E-state index contributed by atoms with van der Waals surface area (Å²) in [6.07, 6.45) is -3.29. The number of rotatable bonds is 5. The summed E-state index contributed by atoms with van der Waals surface area (Å²) in [7, 11) is 0. The molecule has 0 unspecified atom stereocenters. The number of aromatic nitrogens is 3. The molecule has 0 radical (unpaired) electrons. The molecule has 2 aromatic heterocycles. The summed E-state index contributed by atoms with van der Waals surface area (Å²) < 4.78 is 41.7. The number of benzene rings is 2. The number of hydrogen-bond donors (Lipinski definition) is 1. The number of hydrogen-bond acceptors (Lipinski definition) is 4. The summed E-state index contributed by atoms with van der Waals surface area (Å²) in [6, 6.07) is 16.3. The van der Waals surface area contributed by atoms with Crippen LogP contribution in [0.1, 0.15) is 11.1 Å². The van der Waals surface area contributed by atoms with E-state index in [9.17, 15) is 27.6 Å². The van der Waals surface area contributed by atoms with Crippen molar-refractivity contribution >= 4 is 22.6 Å². The summed E-state index contributed by atoms with van der Waals surface area (Å²) in [5.74, 6) is -0.858. The van der Waals surface area contributed by atoms with E-state index >= 15 is 0 Å². The first-order valence-corrected chi connectivity index (χ1v) is 9.84. The van der Waals surface area contributed by atoms with Crippen molar-refractivity contribution in [3.05, 3.63) is 105 Å². The second-order valence-corrected chi connectivity index (χ2v) is 7.21. The summed E-state index contributed by atoms with van der Waals surface area (Å²) in [4.78, 5) is 42.8. The Morgan fingerprint density at radius 3 is 2.33 bits per heavy atom. The first kappa shape index (κ1) is 22.0. The monoisotopic (exact) mass is 454 g/mol. The zero-order valence-corrected chi connectivity index (χ0v) is 17.0. The summed E-state index contributed by atoms with van der Waals surface area (Å²) in [6.45, 7) is -0.661. The SMILES string of the molecule is O=C(Cn1c(=O)n(Cc2ccccc2)c(=O)c2ncccc21)Nc1ccccc1C(F)(F)F. The molecule has 168 valence electrons. The van der Waals surface area contributed by atoms with Crippen LogP contribution in [0, 0.1) is 0 Å². The topological polar surface area (TPSA) is 86.0 Å². The number of amides is 1. The quantitative estimate of drug-likeness (QED) is 0.502. The van der Waals surface area contributed by atoms with Crippen molar-refractivity contribution in [1.29, 1.82) is 0 Å². The molecule has 0 spiro atoms. The molecular formula is C23H17F3N4O3. The van der Waals surface area contributed by atoms with Crippen molar-refractivity contribution in [2.45, 2.75) is 19.3 Å². The van der Waals surface area contributed by atoms with Crippen LogP contribution >= 0.6 is 0 Å². The number of anilines is 1. The van der Waals surface area contributed by atoms with Crippen LogP contribution in [-0.2, 0) is 24.1 Å². The maximum atomic E-state index is 13.2. The molecule has 4 aromatic rings. The van der Waals surface area contributed by atoms with Crippen LogP contribution in [0.2, 0.25) is 0 Å². The molecule has 0 saturated heterocycles. The number of pyridine rings is 1. The maximum Gasteiger partial charge on any atom is 0.418 e. The van der Waals surface area contributed by atoms with Crippen molar-refractivity contribution in [1.82, 2.24) is 14.1 Å². The van der Waals surface area contributed by atoms with Gasteiger partial charge in [-0.15, -0.1) is 0 Å². The second kappa shape index (κ2) is 8.73. The van der Waals surface area contributed by atoms with Gasteiger partial charge < -0.3 is 5.32 Å². The minimum atomic E-state index is -4.67. The van der Waals surface area contributed by atoms with Crippen molar-refractivity contribution in [2.24, 2.45) is 0 Å². The molecule has 33 heavy (non-hydrogen) atoms. The molecule has 1 amide bonds. The van der Waals surface area contributed by atoms with Crippen LogP contribution in [0.15, 0.2) is 82.5 Å². The Hall–Kier alpha value is -4.21. The molecule has 7 nitrogen and oxygen atoms in total. The highest BCUT2D eigenvalue weighted by Crippen LogP contribution is 2.34. The summed E-state index contributed by atoms with van der Waals surface area (Å²) in [5, 5.41) is 2.21. The van der Waals surface area contributed by atoms with E-state index in [4.69, 9.17) is 0 Å². The van der Waals surface area contributed by atoms with Crippen LogP contribution in [0.25, 0.3) is 11.0 Å². The van der Waals surface area contributed by atoms with Crippen LogP contribution < -0.4 is 16.6 Å². The van der Waals surface area contributed by atoms with Crippen molar-refractivity contribution in [3.63, 3.8) is 0 Å². The van der Waals surface area contributed by atoms with Gasteiger partial charge in [0.2, 0.25) is 5.91 Å². The lowest BCUT2D eigenvalue weighted by molar-refractivity contribution is -0.137. The Morgan fingerprint density at radius 1 is 0.909 bits per heavy atom. The highest BCUT2D eigenvalue weighted by atomic mass is 19.4. The molecular weight excluding hydrogens is 437 g/mol. The number of nitrogens with zero attached hydrogens (tertiary/aromatic N) is 3. The van der Waals surface area contributed by atoms with Gasteiger partial charge in [-0.3, -0.25) is 18.7 Å². The standard InChI is InChI=1S/C23H17F3N4O3/c24-23(25,26)16-9-4-5-10-17(16)28-19(31)14-29-18-11-6-12-27-20(18)21(32)30(22(29)33)13-15-7-2-1-3-8-15/h1-12H,13-14H2,(H,28,31). The van der Waals surface area contributed by atoms with Crippen LogP contribution in [0.3, 0.4) is 0 Å². The number of carbonyl (C=O) groups is 1. The summed E-state index contributed by atoms with van der Waals surface area (Å²) >= 11 is 0. The fraction of sp³-hybridized carbons (Fsp3) is 0.130. The Balaban J connectivity index is 1.75. The van der Waals surface area contributed by atoms with Crippen molar-refractivity contribution in [2.75, 3.05) is 5.32 Å². The molecule has 0 fully saturated rings. The third kappa shape index (κ3) is 4.54. The maximum absolute atomic E-state index is 13.2. The average Bonchev–Trinajstić information content (AvgIpc) is 2.80. The van der Waals surface area contributed by atoms with Gasteiger partial charge in [-0.1, -0.05) is 42.5 Å². The van der Waals surface area contributed by atoms with E-state index in [0.717, 1.165) is 21.3 Å². The zero-order chi connectivity index (χ0) is 23.6.